The van der Waals surface area contributed by atoms with Crippen LogP contribution in [0.15, 0.2) is 88.2 Å². The molecule has 0 saturated heterocycles. The van der Waals surface area contributed by atoms with E-state index in [1.165, 1.54) is 34.1 Å². The van der Waals surface area contributed by atoms with E-state index in [4.69, 9.17) is 11.6 Å². The van der Waals surface area contributed by atoms with Crippen molar-refractivity contribution in [2.24, 2.45) is 0 Å². The van der Waals surface area contributed by atoms with Crippen LogP contribution >= 0.6 is 27.5 Å². The predicted octanol–water partition coefficient (Wildman–Crippen LogP) is 5.43. The third kappa shape index (κ3) is 7.67. The quantitative estimate of drug-likeness (QED) is 0.367. The van der Waals surface area contributed by atoms with Gasteiger partial charge in [0.15, 0.2) is 0 Å². The van der Waals surface area contributed by atoms with Crippen LogP contribution in [0.3, 0.4) is 0 Å². The minimum atomic E-state index is -3.91. The lowest BCUT2D eigenvalue weighted by atomic mass is 10.1. The van der Waals surface area contributed by atoms with E-state index >= 15 is 0 Å². The molecule has 0 aliphatic carbocycles. The number of benzene rings is 3. The molecule has 0 unspecified atom stereocenters. The number of sulfonamides is 1. The van der Waals surface area contributed by atoms with E-state index in [9.17, 15) is 13.2 Å². The highest BCUT2D eigenvalue weighted by atomic mass is 79.9. The van der Waals surface area contributed by atoms with Crippen LogP contribution in [0.4, 0.5) is 0 Å². The predicted molar refractivity (Wildman–Crippen MR) is 136 cm³/mol. The van der Waals surface area contributed by atoms with Crippen molar-refractivity contribution in [3.05, 3.63) is 99.5 Å². The van der Waals surface area contributed by atoms with E-state index in [2.05, 4.69) is 21.2 Å². The molecule has 3 aromatic rings. The van der Waals surface area contributed by atoms with Crippen LogP contribution in [-0.2, 0) is 27.8 Å². The molecule has 8 heteroatoms. The van der Waals surface area contributed by atoms with Gasteiger partial charge in [-0.15, -0.1) is 0 Å². The van der Waals surface area contributed by atoms with Gasteiger partial charge in [0, 0.05) is 22.1 Å². The van der Waals surface area contributed by atoms with E-state index < -0.39 is 10.0 Å². The Kier molecular flexibility index (Phi) is 9.09. The van der Waals surface area contributed by atoms with Gasteiger partial charge in [-0.05, 0) is 67.3 Å². The van der Waals surface area contributed by atoms with E-state index in [1.807, 2.05) is 61.5 Å². The second kappa shape index (κ2) is 11.8. The average Bonchev–Trinajstić information content (AvgIpc) is 2.79. The number of rotatable bonds is 10. The summed E-state index contributed by atoms with van der Waals surface area (Å²) in [5, 5.41) is 3.38. The normalized spacial score (nSPS) is 12.5. The summed E-state index contributed by atoms with van der Waals surface area (Å²) < 4.78 is 28.8. The molecular weight excluding hydrogens is 524 g/mol. The van der Waals surface area contributed by atoms with Gasteiger partial charge >= 0.3 is 0 Å². The fraction of sp³-hybridized carbons (Fsp3) is 0.240. The van der Waals surface area contributed by atoms with Crippen molar-refractivity contribution in [2.75, 3.05) is 6.54 Å². The van der Waals surface area contributed by atoms with Crippen molar-refractivity contribution in [3.63, 3.8) is 0 Å². The molecule has 3 aromatic carbocycles. The monoisotopic (exact) mass is 548 g/mol. The summed E-state index contributed by atoms with van der Waals surface area (Å²) >= 11 is 9.31. The minimum absolute atomic E-state index is 0.0735. The van der Waals surface area contributed by atoms with Gasteiger partial charge in [0.2, 0.25) is 15.9 Å². The molecule has 5 nitrogen and oxygen atoms in total. The molecule has 1 N–H and O–H groups in total. The number of halogens is 2. The molecule has 0 saturated carbocycles. The molecule has 0 aliphatic heterocycles. The Morgan fingerprint density at radius 3 is 2.24 bits per heavy atom. The van der Waals surface area contributed by atoms with Crippen LogP contribution in [0.25, 0.3) is 0 Å². The second-order valence-corrected chi connectivity index (χ2v) is 11.1. The number of nitrogens with zero attached hydrogens (tertiary/aromatic N) is 1. The summed E-state index contributed by atoms with van der Waals surface area (Å²) in [5.74, 6) is -0.342. The third-order valence-corrected chi connectivity index (χ3v) is 7.75. The van der Waals surface area contributed by atoms with Crippen molar-refractivity contribution in [1.29, 1.82) is 0 Å². The lowest BCUT2D eigenvalue weighted by molar-refractivity contribution is -0.122. The number of carbonyl (C=O) groups is 1. The molecule has 174 valence electrons. The Morgan fingerprint density at radius 2 is 1.61 bits per heavy atom. The molecule has 0 spiro atoms. The van der Waals surface area contributed by atoms with Crippen LogP contribution in [0.2, 0.25) is 5.02 Å². The van der Waals surface area contributed by atoms with E-state index in [1.54, 1.807) is 0 Å². The molecular formula is C25H26BrClN2O3S. The SMILES string of the molecule is C[C@@H](CCc1ccccc1)NC(=O)CN(Cc1ccc(Br)cc1)S(=O)(=O)c1ccc(Cl)cc1. The van der Waals surface area contributed by atoms with Crippen LogP contribution in [0, 0.1) is 0 Å². The summed E-state index contributed by atoms with van der Waals surface area (Å²) in [5.41, 5.74) is 1.97. The van der Waals surface area contributed by atoms with Gasteiger partial charge in [-0.25, -0.2) is 8.42 Å². The largest absolute Gasteiger partial charge is 0.352 e. The number of amides is 1. The Hall–Kier alpha value is -2.19. The maximum atomic E-state index is 13.3. The van der Waals surface area contributed by atoms with Crippen molar-refractivity contribution < 1.29 is 13.2 Å². The summed E-state index contributed by atoms with van der Waals surface area (Å²) in [7, 11) is -3.91. The Morgan fingerprint density at radius 1 is 0.970 bits per heavy atom. The first kappa shape index (κ1) is 25.4. The average molecular weight is 550 g/mol. The third-order valence-electron chi connectivity index (χ3n) is 5.16. The van der Waals surface area contributed by atoms with Crippen LogP contribution in [-0.4, -0.2) is 31.2 Å². The highest BCUT2D eigenvalue weighted by Gasteiger charge is 2.27. The molecule has 0 fully saturated rings. The van der Waals surface area contributed by atoms with Crippen molar-refractivity contribution in [2.45, 2.75) is 37.2 Å². The fourth-order valence-electron chi connectivity index (χ4n) is 3.36. The summed E-state index contributed by atoms with van der Waals surface area (Å²) in [6, 6.07) is 23.2. The Bertz CT molecular complexity index is 1150. The van der Waals surface area contributed by atoms with Gasteiger partial charge in [-0.1, -0.05) is 70.0 Å². The van der Waals surface area contributed by atoms with E-state index in [-0.39, 0.29) is 29.9 Å². The zero-order valence-electron chi connectivity index (χ0n) is 18.2. The van der Waals surface area contributed by atoms with Crippen molar-refractivity contribution in [3.8, 4) is 0 Å². The van der Waals surface area contributed by atoms with Gasteiger partial charge in [-0.3, -0.25) is 4.79 Å². The molecule has 0 radical (unpaired) electrons. The van der Waals surface area contributed by atoms with Gasteiger partial charge < -0.3 is 5.32 Å². The molecule has 0 bridgehead atoms. The topological polar surface area (TPSA) is 66.5 Å². The van der Waals surface area contributed by atoms with Crippen molar-refractivity contribution in [1.82, 2.24) is 9.62 Å². The number of carbonyl (C=O) groups excluding carboxylic acids is 1. The van der Waals surface area contributed by atoms with Crippen molar-refractivity contribution >= 4 is 43.5 Å². The maximum Gasteiger partial charge on any atom is 0.243 e. The maximum absolute atomic E-state index is 13.3. The van der Waals surface area contributed by atoms with E-state index in [0.29, 0.717) is 5.02 Å². The van der Waals surface area contributed by atoms with Gasteiger partial charge in [0.1, 0.15) is 0 Å². The lowest BCUT2D eigenvalue weighted by Crippen LogP contribution is -2.43. The minimum Gasteiger partial charge on any atom is -0.352 e. The zero-order valence-corrected chi connectivity index (χ0v) is 21.4. The highest BCUT2D eigenvalue weighted by molar-refractivity contribution is 9.10. The molecule has 1 atom stereocenters. The van der Waals surface area contributed by atoms with Gasteiger partial charge in [-0.2, -0.15) is 4.31 Å². The highest BCUT2D eigenvalue weighted by Crippen LogP contribution is 2.21. The van der Waals surface area contributed by atoms with Gasteiger partial charge in [0.25, 0.3) is 0 Å². The first-order valence-electron chi connectivity index (χ1n) is 10.6. The molecule has 33 heavy (non-hydrogen) atoms. The summed E-state index contributed by atoms with van der Waals surface area (Å²) in [6.07, 6.45) is 1.58. The summed E-state index contributed by atoms with van der Waals surface area (Å²) in [4.78, 5) is 12.9. The first-order valence-corrected chi connectivity index (χ1v) is 13.2. The molecule has 0 heterocycles. The fourth-order valence-corrected chi connectivity index (χ4v) is 5.13. The molecule has 0 aromatic heterocycles. The Balaban J connectivity index is 1.72. The molecule has 3 rings (SSSR count). The smallest absolute Gasteiger partial charge is 0.243 e. The van der Waals surface area contributed by atoms with Crippen LogP contribution < -0.4 is 5.32 Å². The van der Waals surface area contributed by atoms with Crippen LogP contribution in [0.1, 0.15) is 24.5 Å². The zero-order chi connectivity index (χ0) is 23.8. The molecule has 0 aliphatic rings. The number of nitrogens with one attached hydrogen (secondary N) is 1. The second-order valence-electron chi connectivity index (χ2n) is 7.85. The lowest BCUT2D eigenvalue weighted by Gasteiger charge is -2.23. The number of aryl methyl sites for hydroxylation is 1. The van der Waals surface area contributed by atoms with Gasteiger partial charge in [0.05, 0.1) is 11.4 Å². The van der Waals surface area contributed by atoms with E-state index in [0.717, 1.165) is 22.9 Å². The standard InChI is InChI=1S/C25H26BrClN2O3S/c1-19(7-8-20-5-3-2-4-6-20)28-25(30)18-29(17-21-9-11-22(26)12-10-21)33(31,32)24-15-13-23(27)14-16-24/h2-6,9-16,19H,7-8,17-18H2,1H3,(H,28,30)/t19-/m0/s1. The van der Waals surface area contributed by atoms with Crippen LogP contribution in [0.5, 0.6) is 0 Å². The molecule has 1 amide bonds. The Labute approximate surface area is 209 Å². The number of hydrogen-bond acceptors (Lipinski definition) is 3. The summed E-state index contributed by atoms with van der Waals surface area (Å²) in [6.45, 7) is 1.72. The first-order chi connectivity index (χ1) is 15.7. The number of hydrogen-bond donors (Lipinski definition) is 1.